The van der Waals surface area contributed by atoms with Crippen molar-refractivity contribution in [1.82, 2.24) is 0 Å². The molecule has 3 nitrogen and oxygen atoms in total. The van der Waals surface area contributed by atoms with Gasteiger partial charge in [0, 0.05) is 6.07 Å². The van der Waals surface area contributed by atoms with Crippen LogP contribution >= 0.6 is 31.9 Å². The molecule has 84 valence electrons. The van der Waals surface area contributed by atoms with Crippen LogP contribution < -0.4 is 4.72 Å². The summed E-state index contributed by atoms with van der Waals surface area (Å²) < 4.78 is 49.7. The number of hydrogen-bond acceptors (Lipinski definition) is 2. The van der Waals surface area contributed by atoms with Crippen molar-refractivity contribution in [2.24, 2.45) is 0 Å². The Morgan fingerprint density at radius 1 is 1.27 bits per heavy atom. The van der Waals surface area contributed by atoms with E-state index < -0.39 is 32.0 Å². The van der Waals surface area contributed by atoms with Crippen LogP contribution in [0.15, 0.2) is 16.6 Å². The molecule has 0 amide bonds. The van der Waals surface area contributed by atoms with Crippen LogP contribution in [-0.2, 0) is 10.0 Å². The highest BCUT2D eigenvalue weighted by Crippen LogP contribution is 2.24. The Hall–Kier alpha value is -0.210. The smallest absolute Gasteiger partial charge is 0.242 e. The molecular formula is C7H5Br2F2NO2S. The summed E-state index contributed by atoms with van der Waals surface area (Å²) in [5.41, 5.74) is -0.421. The fourth-order valence-corrected chi connectivity index (χ4v) is 2.00. The van der Waals surface area contributed by atoms with Crippen LogP contribution in [0.25, 0.3) is 0 Å². The minimum absolute atomic E-state index is 0.0678. The Bertz CT molecular complexity index is 478. The highest BCUT2D eigenvalue weighted by Gasteiger charge is 2.14. The van der Waals surface area contributed by atoms with Crippen molar-refractivity contribution in [2.75, 3.05) is 9.38 Å². The topological polar surface area (TPSA) is 46.2 Å². The molecule has 0 saturated heterocycles. The normalized spacial score (nSPS) is 11.5. The lowest BCUT2D eigenvalue weighted by Gasteiger charge is -2.07. The number of sulfonamides is 1. The molecule has 0 atom stereocenters. The van der Waals surface area contributed by atoms with Gasteiger partial charge in [-0.05, 0) is 22.0 Å². The van der Waals surface area contributed by atoms with Crippen molar-refractivity contribution in [2.45, 2.75) is 0 Å². The molecule has 1 rings (SSSR count). The predicted octanol–water partition coefficient (Wildman–Crippen LogP) is 2.82. The average molecular weight is 365 g/mol. The molecule has 0 aliphatic carbocycles. The van der Waals surface area contributed by atoms with Crippen LogP contribution in [0.5, 0.6) is 0 Å². The Balaban J connectivity index is 3.12. The first-order valence-electron chi connectivity index (χ1n) is 3.57. The van der Waals surface area contributed by atoms with E-state index in [9.17, 15) is 17.2 Å². The molecule has 0 aliphatic heterocycles. The van der Waals surface area contributed by atoms with E-state index in [-0.39, 0.29) is 4.47 Å². The summed E-state index contributed by atoms with van der Waals surface area (Å²) in [5.74, 6) is -1.60. The maximum Gasteiger partial charge on any atom is 0.242 e. The van der Waals surface area contributed by atoms with E-state index >= 15 is 0 Å². The van der Waals surface area contributed by atoms with E-state index in [1.165, 1.54) is 0 Å². The minimum atomic E-state index is -3.68. The highest BCUT2D eigenvalue weighted by molar-refractivity contribution is 9.11. The van der Waals surface area contributed by atoms with Gasteiger partial charge in [-0.25, -0.2) is 17.2 Å². The van der Waals surface area contributed by atoms with Crippen molar-refractivity contribution in [1.29, 1.82) is 0 Å². The van der Waals surface area contributed by atoms with E-state index in [0.717, 1.165) is 12.1 Å². The van der Waals surface area contributed by atoms with Crippen molar-refractivity contribution >= 4 is 47.6 Å². The first-order chi connectivity index (χ1) is 6.85. The second kappa shape index (κ2) is 4.75. The lowest BCUT2D eigenvalue weighted by Crippen LogP contribution is -2.14. The fourth-order valence-electron chi connectivity index (χ4n) is 0.796. The number of halogens is 4. The Kier molecular flexibility index (Phi) is 4.07. The van der Waals surface area contributed by atoms with Gasteiger partial charge < -0.3 is 0 Å². The van der Waals surface area contributed by atoms with Gasteiger partial charge in [-0.3, -0.25) is 4.72 Å². The van der Waals surface area contributed by atoms with Crippen LogP contribution in [0, 0.1) is 11.6 Å². The summed E-state index contributed by atoms with van der Waals surface area (Å²) in [6.07, 6.45) is 0. The number of benzene rings is 1. The Labute approximate surface area is 102 Å². The van der Waals surface area contributed by atoms with Crippen LogP contribution in [0.2, 0.25) is 0 Å². The first kappa shape index (κ1) is 12.9. The lowest BCUT2D eigenvalue weighted by molar-refractivity contribution is 0.593. The maximum absolute atomic E-state index is 13.2. The molecule has 0 aliphatic rings. The van der Waals surface area contributed by atoms with Crippen LogP contribution in [0.3, 0.4) is 0 Å². The molecule has 0 fully saturated rings. The second-order valence-corrected chi connectivity index (χ2v) is 6.45. The lowest BCUT2D eigenvalue weighted by atomic mass is 10.3. The van der Waals surface area contributed by atoms with E-state index in [0.29, 0.717) is 0 Å². The van der Waals surface area contributed by atoms with E-state index in [4.69, 9.17) is 0 Å². The molecule has 1 aromatic rings. The number of rotatable bonds is 3. The third-order valence-corrected chi connectivity index (χ3v) is 4.65. The molecule has 0 unspecified atom stereocenters. The molecule has 8 heteroatoms. The number of alkyl halides is 1. The third kappa shape index (κ3) is 3.39. The third-order valence-electron chi connectivity index (χ3n) is 1.42. The molecule has 0 saturated carbocycles. The number of nitrogens with one attached hydrogen (secondary N) is 1. The van der Waals surface area contributed by atoms with Crippen molar-refractivity contribution in [3.05, 3.63) is 28.2 Å². The van der Waals surface area contributed by atoms with Crippen molar-refractivity contribution in [3.8, 4) is 0 Å². The molecular weight excluding hydrogens is 360 g/mol. The average Bonchev–Trinajstić information content (AvgIpc) is 2.14. The highest BCUT2D eigenvalue weighted by atomic mass is 79.9. The van der Waals surface area contributed by atoms with Gasteiger partial charge in [0.15, 0.2) is 0 Å². The Morgan fingerprint density at radius 2 is 1.87 bits per heavy atom. The van der Waals surface area contributed by atoms with Gasteiger partial charge in [0.05, 0.1) is 10.2 Å². The van der Waals surface area contributed by atoms with Gasteiger partial charge in [0.1, 0.15) is 16.3 Å². The summed E-state index contributed by atoms with van der Waals surface area (Å²) in [6, 6.07) is 1.61. The molecule has 0 aromatic heterocycles. The Morgan fingerprint density at radius 3 is 2.40 bits per heavy atom. The zero-order valence-corrected chi connectivity index (χ0v) is 11.1. The second-order valence-electron chi connectivity index (χ2n) is 2.57. The van der Waals surface area contributed by atoms with Gasteiger partial charge >= 0.3 is 0 Å². The summed E-state index contributed by atoms with van der Waals surface area (Å²) in [4.78, 5) is 0. The minimum Gasteiger partial charge on any atom is -0.280 e. The summed E-state index contributed by atoms with van der Waals surface area (Å²) in [5, 5.41) is 0. The molecule has 15 heavy (non-hydrogen) atoms. The van der Waals surface area contributed by atoms with Gasteiger partial charge in [0.25, 0.3) is 0 Å². The largest absolute Gasteiger partial charge is 0.280 e. The molecule has 1 N–H and O–H groups in total. The quantitative estimate of drug-likeness (QED) is 0.662. The van der Waals surface area contributed by atoms with Gasteiger partial charge in [-0.15, -0.1) is 0 Å². The molecule has 0 bridgehead atoms. The monoisotopic (exact) mass is 363 g/mol. The van der Waals surface area contributed by atoms with Gasteiger partial charge in [-0.2, -0.15) is 0 Å². The fraction of sp³-hybridized carbons (Fsp3) is 0.143. The van der Waals surface area contributed by atoms with Crippen LogP contribution in [0.1, 0.15) is 0 Å². The summed E-state index contributed by atoms with van der Waals surface area (Å²) >= 11 is 5.49. The zero-order valence-electron chi connectivity index (χ0n) is 7.10. The molecule has 0 spiro atoms. The number of anilines is 1. The van der Waals surface area contributed by atoms with Crippen molar-refractivity contribution in [3.63, 3.8) is 0 Å². The molecule has 1 aromatic carbocycles. The summed E-state index contributed by atoms with van der Waals surface area (Å²) in [7, 11) is -3.68. The standard InChI is InChI=1S/C7H5Br2F2NO2S/c8-3-15(13,14)12-7-2-5(10)4(9)1-6(7)11/h1-2,12H,3H2. The van der Waals surface area contributed by atoms with E-state index in [2.05, 4.69) is 31.9 Å². The van der Waals surface area contributed by atoms with Crippen LogP contribution in [0.4, 0.5) is 14.5 Å². The molecule has 0 heterocycles. The zero-order chi connectivity index (χ0) is 11.6. The molecule has 0 radical (unpaired) electrons. The summed E-state index contributed by atoms with van der Waals surface area (Å²) in [6.45, 7) is 0. The van der Waals surface area contributed by atoms with Gasteiger partial charge in [0.2, 0.25) is 10.0 Å². The predicted molar refractivity (Wildman–Crippen MR) is 60.4 cm³/mol. The first-order valence-corrected chi connectivity index (χ1v) is 7.13. The maximum atomic E-state index is 13.2. The number of hydrogen-bond donors (Lipinski definition) is 1. The van der Waals surface area contributed by atoms with Crippen LogP contribution in [-0.4, -0.2) is 13.1 Å². The van der Waals surface area contributed by atoms with Gasteiger partial charge in [-0.1, -0.05) is 15.9 Å². The van der Waals surface area contributed by atoms with E-state index in [1.807, 2.05) is 4.72 Å². The van der Waals surface area contributed by atoms with E-state index in [1.54, 1.807) is 0 Å². The SMILES string of the molecule is O=S(=O)(CBr)Nc1cc(F)c(Br)cc1F. The van der Waals surface area contributed by atoms with Crippen molar-refractivity contribution < 1.29 is 17.2 Å².